The third-order valence-electron chi connectivity index (χ3n) is 4.08. The van der Waals surface area contributed by atoms with Gasteiger partial charge >= 0.3 is 0 Å². The molecule has 29 heavy (non-hydrogen) atoms. The van der Waals surface area contributed by atoms with Crippen molar-refractivity contribution in [2.45, 2.75) is 4.90 Å². The fourth-order valence-electron chi connectivity index (χ4n) is 2.75. The number of nitrogens with one attached hydrogen (secondary N) is 2. The zero-order chi connectivity index (χ0) is 20.4. The molecule has 0 saturated carbocycles. The number of hydrogen-bond acceptors (Lipinski definition) is 5. The van der Waals surface area contributed by atoms with Gasteiger partial charge in [0.25, 0.3) is 15.9 Å². The molecule has 2 aromatic heterocycles. The van der Waals surface area contributed by atoms with Crippen LogP contribution in [-0.4, -0.2) is 24.3 Å². The van der Waals surface area contributed by atoms with Crippen molar-refractivity contribution in [1.82, 2.24) is 14.7 Å². The van der Waals surface area contributed by atoms with Crippen LogP contribution in [0.5, 0.6) is 11.5 Å². The van der Waals surface area contributed by atoms with E-state index in [4.69, 9.17) is 4.74 Å². The molecule has 2 N–H and O–H groups in total. The Morgan fingerprint density at radius 1 is 1.00 bits per heavy atom. The van der Waals surface area contributed by atoms with Gasteiger partial charge in [0.1, 0.15) is 27.9 Å². The van der Waals surface area contributed by atoms with E-state index in [0.717, 1.165) is 12.3 Å². The highest BCUT2D eigenvalue weighted by atomic mass is 32.2. The highest BCUT2D eigenvalue weighted by molar-refractivity contribution is 7.90. The number of nitrogens with zero attached hydrogens (tertiary/aromatic N) is 1. The molecule has 0 saturated heterocycles. The summed E-state index contributed by atoms with van der Waals surface area (Å²) in [6.07, 6.45) is 2.44. The number of benzene rings is 2. The van der Waals surface area contributed by atoms with E-state index in [1.165, 1.54) is 30.5 Å². The molecule has 0 fully saturated rings. The summed E-state index contributed by atoms with van der Waals surface area (Å²) in [6.45, 7) is 0. The third-order valence-corrected chi connectivity index (χ3v) is 5.44. The molecule has 2 heterocycles. The molecule has 0 spiro atoms. The largest absolute Gasteiger partial charge is 0.456 e. The van der Waals surface area contributed by atoms with Crippen molar-refractivity contribution in [3.05, 3.63) is 84.6 Å². The number of ether oxygens (including phenoxy) is 1. The summed E-state index contributed by atoms with van der Waals surface area (Å²) in [6, 6.07) is 15.9. The number of halogens is 1. The predicted molar refractivity (Wildman–Crippen MR) is 104 cm³/mol. The number of sulfonamides is 1. The number of pyridine rings is 1. The van der Waals surface area contributed by atoms with Gasteiger partial charge in [0, 0.05) is 11.7 Å². The molecule has 2 aromatic carbocycles. The van der Waals surface area contributed by atoms with Crippen LogP contribution in [-0.2, 0) is 10.0 Å². The molecule has 0 aliphatic carbocycles. The molecule has 0 bridgehead atoms. The second-order valence-electron chi connectivity index (χ2n) is 6.04. The average Bonchev–Trinajstić information content (AvgIpc) is 3.16. The molecule has 9 heteroatoms. The van der Waals surface area contributed by atoms with Crippen molar-refractivity contribution in [1.29, 1.82) is 0 Å². The molecule has 4 rings (SSSR count). The van der Waals surface area contributed by atoms with E-state index in [1.54, 1.807) is 12.1 Å². The summed E-state index contributed by atoms with van der Waals surface area (Å²) in [5, 5.41) is -0.118. The summed E-state index contributed by atoms with van der Waals surface area (Å²) in [5.74, 6) is -0.677. The van der Waals surface area contributed by atoms with Crippen molar-refractivity contribution in [2.75, 3.05) is 0 Å². The van der Waals surface area contributed by atoms with Gasteiger partial charge in [-0.15, -0.1) is 0 Å². The molecule has 4 aromatic rings. The van der Waals surface area contributed by atoms with E-state index in [0.29, 0.717) is 17.0 Å². The first-order valence-electron chi connectivity index (χ1n) is 8.46. The Bertz CT molecular complexity index is 1290. The molecule has 146 valence electrons. The lowest BCUT2D eigenvalue weighted by Gasteiger charge is -2.07. The minimum atomic E-state index is -4.31. The maximum atomic E-state index is 14.1. The van der Waals surface area contributed by atoms with E-state index in [2.05, 4.69) is 9.97 Å². The van der Waals surface area contributed by atoms with Gasteiger partial charge in [0.15, 0.2) is 0 Å². The second-order valence-corrected chi connectivity index (χ2v) is 7.70. The molecular formula is C20H14FN3O4S. The number of aromatic amines is 1. The monoisotopic (exact) mass is 411 g/mol. The molecule has 0 aliphatic heterocycles. The van der Waals surface area contributed by atoms with Gasteiger partial charge < -0.3 is 9.72 Å². The number of hydrogen-bond donors (Lipinski definition) is 2. The quantitative estimate of drug-likeness (QED) is 0.522. The lowest BCUT2D eigenvalue weighted by molar-refractivity contribution is 0.0976. The van der Waals surface area contributed by atoms with Gasteiger partial charge in [-0.1, -0.05) is 24.3 Å². The number of rotatable bonds is 5. The number of fused-ring (bicyclic) bond motifs is 1. The van der Waals surface area contributed by atoms with Crippen LogP contribution in [0.1, 0.15) is 10.5 Å². The van der Waals surface area contributed by atoms with Gasteiger partial charge in [-0.3, -0.25) is 4.79 Å². The van der Waals surface area contributed by atoms with E-state index in [-0.39, 0.29) is 16.0 Å². The third kappa shape index (κ3) is 3.81. The SMILES string of the molecule is O=C(NS(=O)(=O)c1c[nH]c2cccc(F)c12)c1ccc(Oc2ccccc2)cn1. The number of amides is 1. The molecule has 0 radical (unpaired) electrons. The summed E-state index contributed by atoms with van der Waals surface area (Å²) < 4.78 is 46.7. The number of H-pyrrole nitrogens is 1. The summed E-state index contributed by atoms with van der Waals surface area (Å²) >= 11 is 0. The molecular weight excluding hydrogens is 397 g/mol. The predicted octanol–water partition coefficient (Wildman–Crippen LogP) is 3.61. The van der Waals surface area contributed by atoms with Crippen molar-refractivity contribution < 1.29 is 22.3 Å². The minimum Gasteiger partial charge on any atom is -0.456 e. The molecule has 0 atom stereocenters. The van der Waals surface area contributed by atoms with Crippen LogP contribution < -0.4 is 9.46 Å². The fourth-order valence-corrected chi connectivity index (χ4v) is 3.90. The first-order valence-corrected chi connectivity index (χ1v) is 9.94. The standard InChI is InChI=1S/C20H14FN3O4S/c21-15-7-4-8-16-19(15)18(12-23-16)29(26,27)24-20(25)17-10-9-14(11-22-17)28-13-5-2-1-3-6-13/h1-12,23H,(H,24,25). The fraction of sp³-hybridized carbons (Fsp3) is 0. The van der Waals surface area contributed by atoms with Crippen molar-refractivity contribution >= 4 is 26.8 Å². The van der Waals surface area contributed by atoms with Crippen molar-refractivity contribution in [3.8, 4) is 11.5 Å². The van der Waals surface area contributed by atoms with Gasteiger partial charge in [0.2, 0.25) is 0 Å². The summed E-state index contributed by atoms with van der Waals surface area (Å²) in [5.41, 5.74) is 0.174. The highest BCUT2D eigenvalue weighted by Crippen LogP contribution is 2.25. The molecule has 7 nitrogen and oxygen atoms in total. The van der Waals surface area contributed by atoms with Crippen LogP contribution in [0.25, 0.3) is 10.9 Å². The Morgan fingerprint density at radius 3 is 2.52 bits per heavy atom. The average molecular weight is 411 g/mol. The number of aromatic nitrogens is 2. The number of carbonyl (C=O) groups excluding carboxylic acids is 1. The van der Waals surface area contributed by atoms with Crippen LogP contribution >= 0.6 is 0 Å². The Balaban J connectivity index is 1.54. The first kappa shape index (κ1) is 18.6. The minimum absolute atomic E-state index is 0.118. The molecule has 0 aliphatic rings. The van der Waals surface area contributed by atoms with Crippen molar-refractivity contribution in [2.24, 2.45) is 0 Å². The van der Waals surface area contributed by atoms with E-state index >= 15 is 0 Å². The van der Waals surface area contributed by atoms with Gasteiger partial charge in [-0.05, 0) is 36.4 Å². The summed E-state index contributed by atoms with van der Waals surface area (Å²) in [4.78, 5) is 18.6. The number of carbonyl (C=O) groups is 1. The lowest BCUT2D eigenvalue weighted by Crippen LogP contribution is -2.31. The molecule has 0 unspecified atom stereocenters. The van der Waals surface area contributed by atoms with E-state index in [1.807, 2.05) is 22.9 Å². The Morgan fingerprint density at radius 2 is 1.79 bits per heavy atom. The van der Waals surface area contributed by atoms with Crippen LogP contribution in [0.15, 0.2) is 78.0 Å². The Labute approximate surface area is 165 Å². The summed E-state index contributed by atoms with van der Waals surface area (Å²) in [7, 11) is -4.31. The Kier molecular flexibility index (Phi) is 4.73. The van der Waals surface area contributed by atoms with Crippen LogP contribution in [0.4, 0.5) is 4.39 Å². The van der Waals surface area contributed by atoms with Gasteiger partial charge in [-0.2, -0.15) is 0 Å². The smallest absolute Gasteiger partial charge is 0.283 e. The van der Waals surface area contributed by atoms with E-state index in [9.17, 15) is 17.6 Å². The topological polar surface area (TPSA) is 101 Å². The number of para-hydroxylation sites is 1. The van der Waals surface area contributed by atoms with Crippen LogP contribution in [0.3, 0.4) is 0 Å². The molecule has 1 amide bonds. The van der Waals surface area contributed by atoms with Crippen molar-refractivity contribution in [3.63, 3.8) is 0 Å². The maximum absolute atomic E-state index is 14.1. The van der Waals surface area contributed by atoms with Gasteiger partial charge in [-0.25, -0.2) is 22.5 Å². The normalized spacial score (nSPS) is 11.3. The zero-order valence-corrected chi connectivity index (χ0v) is 15.6. The maximum Gasteiger partial charge on any atom is 0.283 e. The van der Waals surface area contributed by atoms with Gasteiger partial charge in [0.05, 0.1) is 11.6 Å². The van der Waals surface area contributed by atoms with Crippen LogP contribution in [0, 0.1) is 5.82 Å². The lowest BCUT2D eigenvalue weighted by atomic mass is 10.2. The van der Waals surface area contributed by atoms with Crippen LogP contribution in [0.2, 0.25) is 0 Å². The highest BCUT2D eigenvalue weighted by Gasteiger charge is 2.24. The first-order chi connectivity index (χ1) is 13.9. The Hall–Kier alpha value is -3.72. The second kappa shape index (κ2) is 7.36. The van der Waals surface area contributed by atoms with E-state index < -0.39 is 21.7 Å². The zero-order valence-electron chi connectivity index (χ0n) is 14.8.